The standard InChI is InChI=1S/C15H20N2O/c1-4-9-18-14-8-6-5-7-13(14)10-17-12-15(2,3)11-16/h4-8,17H,1,9-10,12H2,2-3H3. The van der Waals surface area contributed by atoms with Crippen LogP contribution in [-0.2, 0) is 6.54 Å². The van der Waals surface area contributed by atoms with Gasteiger partial charge in [0.05, 0.1) is 11.5 Å². The van der Waals surface area contributed by atoms with Crippen LogP contribution in [0.25, 0.3) is 0 Å². The highest BCUT2D eigenvalue weighted by Gasteiger charge is 2.15. The maximum absolute atomic E-state index is 8.94. The Balaban J connectivity index is 2.56. The summed E-state index contributed by atoms with van der Waals surface area (Å²) >= 11 is 0. The van der Waals surface area contributed by atoms with Gasteiger partial charge < -0.3 is 10.1 Å². The minimum Gasteiger partial charge on any atom is -0.489 e. The molecule has 1 rings (SSSR count). The molecule has 0 spiro atoms. The van der Waals surface area contributed by atoms with Crippen molar-refractivity contribution in [3.63, 3.8) is 0 Å². The minimum atomic E-state index is -0.350. The van der Waals surface area contributed by atoms with E-state index in [1.807, 2.05) is 38.1 Å². The molecule has 1 aromatic carbocycles. The van der Waals surface area contributed by atoms with E-state index in [9.17, 15) is 0 Å². The number of nitrogens with one attached hydrogen (secondary N) is 1. The first-order valence-electron chi connectivity index (χ1n) is 6.02. The van der Waals surface area contributed by atoms with Gasteiger partial charge in [-0.1, -0.05) is 30.9 Å². The van der Waals surface area contributed by atoms with E-state index in [1.54, 1.807) is 6.08 Å². The molecular formula is C15H20N2O. The van der Waals surface area contributed by atoms with Crippen LogP contribution in [0.5, 0.6) is 5.75 Å². The number of rotatable bonds is 7. The van der Waals surface area contributed by atoms with Crippen LogP contribution in [0.2, 0.25) is 0 Å². The number of para-hydroxylation sites is 1. The van der Waals surface area contributed by atoms with E-state index < -0.39 is 0 Å². The first-order valence-corrected chi connectivity index (χ1v) is 6.02. The van der Waals surface area contributed by atoms with E-state index in [4.69, 9.17) is 10.00 Å². The Labute approximate surface area is 109 Å². The molecule has 1 N–H and O–H groups in total. The Morgan fingerprint density at radius 3 is 2.83 bits per heavy atom. The van der Waals surface area contributed by atoms with Crippen LogP contribution in [0.1, 0.15) is 19.4 Å². The lowest BCUT2D eigenvalue weighted by atomic mass is 9.96. The summed E-state index contributed by atoms with van der Waals surface area (Å²) in [5.41, 5.74) is 0.741. The van der Waals surface area contributed by atoms with Gasteiger partial charge in [0.25, 0.3) is 0 Å². The van der Waals surface area contributed by atoms with E-state index in [0.29, 0.717) is 19.7 Å². The molecule has 0 unspecified atom stereocenters. The molecule has 0 aliphatic carbocycles. The van der Waals surface area contributed by atoms with Gasteiger partial charge in [-0.25, -0.2) is 0 Å². The van der Waals surface area contributed by atoms with Crippen LogP contribution in [0, 0.1) is 16.7 Å². The maximum atomic E-state index is 8.94. The van der Waals surface area contributed by atoms with Gasteiger partial charge in [0.15, 0.2) is 0 Å². The summed E-state index contributed by atoms with van der Waals surface area (Å²) in [6, 6.07) is 10.2. The lowest BCUT2D eigenvalue weighted by Gasteiger charge is -2.17. The van der Waals surface area contributed by atoms with Gasteiger partial charge in [-0.05, 0) is 19.9 Å². The predicted molar refractivity (Wildman–Crippen MR) is 73.2 cm³/mol. The van der Waals surface area contributed by atoms with Crippen molar-refractivity contribution in [2.24, 2.45) is 5.41 Å². The molecule has 96 valence electrons. The minimum absolute atomic E-state index is 0.350. The fourth-order valence-corrected chi connectivity index (χ4v) is 1.49. The monoisotopic (exact) mass is 244 g/mol. The second-order valence-electron chi connectivity index (χ2n) is 4.81. The van der Waals surface area contributed by atoms with Gasteiger partial charge in [-0.15, -0.1) is 0 Å². The second kappa shape index (κ2) is 6.83. The van der Waals surface area contributed by atoms with Crippen LogP contribution in [-0.4, -0.2) is 13.2 Å². The fraction of sp³-hybridized carbons (Fsp3) is 0.400. The third-order valence-electron chi connectivity index (χ3n) is 2.51. The van der Waals surface area contributed by atoms with E-state index in [2.05, 4.69) is 18.0 Å². The number of benzene rings is 1. The summed E-state index contributed by atoms with van der Waals surface area (Å²) in [7, 11) is 0. The van der Waals surface area contributed by atoms with E-state index in [-0.39, 0.29) is 5.41 Å². The average Bonchev–Trinajstić information content (AvgIpc) is 2.37. The number of hydrogen-bond acceptors (Lipinski definition) is 3. The molecule has 0 aromatic heterocycles. The Morgan fingerprint density at radius 2 is 2.17 bits per heavy atom. The lowest BCUT2D eigenvalue weighted by molar-refractivity contribution is 0.356. The van der Waals surface area contributed by atoms with Gasteiger partial charge in [0.1, 0.15) is 12.4 Å². The van der Waals surface area contributed by atoms with Crippen molar-refractivity contribution in [1.29, 1.82) is 5.26 Å². The molecular weight excluding hydrogens is 224 g/mol. The second-order valence-corrected chi connectivity index (χ2v) is 4.81. The average molecular weight is 244 g/mol. The number of nitriles is 1. The molecule has 1 aromatic rings. The van der Waals surface area contributed by atoms with Crippen molar-refractivity contribution in [2.75, 3.05) is 13.2 Å². The van der Waals surface area contributed by atoms with Crippen molar-refractivity contribution >= 4 is 0 Å². The summed E-state index contributed by atoms with van der Waals surface area (Å²) in [4.78, 5) is 0. The van der Waals surface area contributed by atoms with Crippen LogP contribution >= 0.6 is 0 Å². The first kappa shape index (κ1) is 14.3. The summed E-state index contributed by atoms with van der Waals surface area (Å²) in [6.07, 6.45) is 1.73. The zero-order valence-electron chi connectivity index (χ0n) is 11.1. The largest absolute Gasteiger partial charge is 0.489 e. The van der Waals surface area contributed by atoms with Gasteiger partial charge in [0.2, 0.25) is 0 Å². The van der Waals surface area contributed by atoms with Crippen LogP contribution < -0.4 is 10.1 Å². The molecule has 0 aliphatic rings. The SMILES string of the molecule is C=CCOc1ccccc1CNCC(C)(C)C#N. The predicted octanol–water partition coefficient (Wildman–Crippen LogP) is 2.89. The molecule has 3 nitrogen and oxygen atoms in total. The summed E-state index contributed by atoms with van der Waals surface area (Å²) in [6.45, 7) is 9.31. The molecule has 0 saturated carbocycles. The summed E-state index contributed by atoms with van der Waals surface area (Å²) in [5.74, 6) is 0.861. The smallest absolute Gasteiger partial charge is 0.124 e. The molecule has 0 aliphatic heterocycles. The van der Waals surface area contributed by atoms with Crippen LogP contribution in [0.3, 0.4) is 0 Å². The molecule has 0 fully saturated rings. The van der Waals surface area contributed by atoms with Crippen LogP contribution in [0.15, 0.2) is 36.9 Å². The van der Waals surface area contributed by atoms with Gasteiger partial charge in [-0.2, -0.15) is 5.26 Å². The maximum Gasteiger partial charge on any atom is 0.124 e. The molecule has 0 saturated heterocycles. The quantitative estimate of drug-likeness (QED) is 0.750. The zero-order valence-corrected chi connectivity index (χ0v) is 11.1. The van der Waals surface area contributed by atoms with Gasteiger partial charge in [-0.3, -0.25) is 0 Å². The molecule has 0 atom stereocenters. The number of ether oxygens (including phenoxy) is 1. The zero-order chi connectivity index (χ0) is 13.4. The van der Waals surface area contributed by atoms with Crippen molar-refractivity contribution in [2.45, 2.75) is 20.4 Å². The topological polar surface area (TPSA) is 45.0 Å². The molecule has 3 heteroatoms. The molecule has 0 bridgehead atoms. The summed E-state index contributed by atoms with van der Waals surface area (Å²) < 4.78 is 5.57. The Morgan fingerprint density at radius 1 is 1.44 bits per heavy atom. The van der Waals surface area contributed by atoms with Crippen molar-refractivity contribution in [3.8, 4) is 11.8 Å². The first-order chi connectivity index (χ1) is 8.59. The van der Waals surface area contributed by atoms with Gasteiger partial charge >= 0.3 is 0 Å². The number of hydrogen-bond donors (Lipinski definition) is 1. The molecule has 18 heavy (non-hydrogen) atoms. The highest BCUT2D eigenvalue weighted by atomic mass is 16.5. The Hall–Kier alpha value is -1.79. The van der Waals surface area contributed by atoms with E-state index >= 15 is 0 Å². The molecule has 0 radical (unpaired) electrons. The van der Waals surface area contributed by atoms with Gasteiger partial charge in [0, 0.05) is 18.7 Å². The van der Waals surface area contributed by atoms with Crippen LogP contribution in [0.4, 0.5) is 0 Å². The highest BCUT2D eigenvalue weighted by molar-refractivity contribution is 5.33. The number of nitrogens with zero attached hydrogens (tertiary/aromatic N) is 1. The Kier molecular flexibility index (Phi) is 5.41. The molecule has 0 amide bonds. The Bertz CT molecular complexity index is 432. The lowest BCUT2D eigenvalue weighted by Crippen LogP contribution is -2.27. The normalized spacial score (nSPS) is 10.7. The highest BCUT2D eigenvalue weighted by Crippen LogP contribution is 2.18. The van der Waals surface area contributed by atoms with E-state index in [0.717, 1.165) is 11.3 Å². The third kappa shape index (κ3) is 4.60. The van der Waals surface area contributed by atoms with Crippen molar-refractivity contribution in [1.82, 2.24) is 5.32 Å². The summed E-state index contributed by atoms with van der Waals surface area (Å²) in [5, 5.41) is 12.2. The third-order valence-corrected chi connectivity index (χ3v) is 2.51. The van der Waals surface area contributed by atoms with Crippen molar-refractivity contribution < 1.29 is 4.74 Å². The van der Waals surface area contributed by atoms with E-state index in [1.165, 1.54) is 0 Å². The van der Waals surface area contributed by atoms with Crippen molar-refractivity contribution in [3.05, 3.63) is 42.5 Å². The molecule has 0 heterocycles. The fourth-order valence-electron chi connectivity index (χ4n) is 1.49.